The van der Waals surface area contributed by atoms with Crippen LogP contribution < -0.4 is 11.1 Å². The Hall–Kier alpha value is -1.58. The van der Waals surface area contributed by atoms with Crippen LogP contribution in [0.25, 0.3) is 0 Å². The number of nitrogens with one attached hydrogen (secondary N) is 1. The van der Waals surface area contributed by atoms with Gasteiger partial charge in [-0.15, -0.1) is 0 Å². The van der Waals surface area contributed by atoms with Crippen LogP contribution in [-0.4, -0.2) is 12.5 Å². The summed E-state index contributed by atoms with van der Waals surface area (Å²) in [6, 6.07) is 3.83. The third kappa shape index (κ3) is 5.73. The van der Waals surface area contributed by atoms with E-state index in [9.17, 15) is 9.18 Å². The van der Waals surface area contributed by atoms with Gasteiger partial charge in [0, 0.05) is 12.2 Å². The molecule has 0 aliphatic rings. The van der Waals surface area contributed by atoms with Crippen molar-refractivity contribution < 1.29 is 9.18 Å². The Labute approximate surface area is 114 Å². The van der Waals surface area contributed by atoms with Gasteiger partial charge in [-0.05, 0) is 24.6 Å². The second kappa shape index (κ2) is 8.51. The highest BCUT2D eigenvalue weighted by molar-refractivity contribution is 5.99. The van der Waals surface area contributed by atoms with E-state index in [1.807, 2.05) is 0 Å². The Kier molecular flexibility index (Phi) is 6.93. The zero-order valence-corrected chi connectivity index (χ0v) is 11.5. The molecule has 0 fully saturated rings. The van der Waals surface area contributed by atoms with E-state index in [1.165, 1.54) is 43.9 Å². The first-order chi connectivity index (χ1) is 9.15. The number of hydrogen-bond donors (Lipinski definition) is 2. The number of rotatable bonds is 8. The maximum Gasteiger partial charge on any atom is 0.253 e. The maximum atomic E-state index is 13.0. The molecular weight excluding hydrogens is 243 g/mol. The Morgan fingerprint density at radius 3 is 2.63 bits per heavy atom. The van der Waals surface area contributed by atoms with Gasteiger partial charge >= 0.3 is 0 Å². The molecular formula is C15H23FN2O. The number of anilines is 1. The Balaban J connectivity index is 2.26. The van der Waals surface area contributed by atoms with Gasteiger partial charge in [-0.1, -0.05) is 39.0 Å². The predicted octanol–water partition coefficient (Wildman–Crippen LogP) is 3.50. The van der Waals surface area contributed by atoms with Gasteiger partial charge in [0.1, 0.15) is 5.82 Å². The Morgan fingerprint density at radius 2 is 1.89 bits per heavy atom. The minimum atomic E-state index is -0.445. The summed E-state index contributed by atoms with van der Waals surface area (Å²) in [7, 11) is 0. The van der Waals surface area contributed by atoms with Crippen molar-refractivity contribution in [2.75, 3.05) is 12.3 Å². The van der Waals surface area contributed by atoms with Crippen molar-refractivity contribution in [1.82, 2.24) is 5.32 Å². The molecule has 0 spiro atoms. The molecule has 0 aromatic heterocycles. The molecule has 106 valence electrons. The van der Waals surface area contributed by atoms with Crippen molar-refractivity contribution >= 4 is 11.6 Å². The van der Waals surface area contributed by atoms with E-state index < -0.39 is 5.82 Å². The SMILES string of the molecule is CCCCCCCCNC(=O)c1cc(F)ccc1N. The number of carbonyl (C=O) groups is 1. The van der Waals surface area contributed by atoms with Gasteiger partial charge in [0.2, 0.25) is 0 Å². The van der Waals surface area contributed by atoms with E-state index >= 15 is 0 Å². The zero-order valence-electron chi connectivity index (χ0n) is 11.5. The molecule has 1 aromatic rings. The first-order valence-electron chi connectivity index (χ1n) is 6.98. The van der Waals surface area contributed by atoms with Crippen LogP contribution in [0.2, 0.25) is 0 Å². The third-order valence-electron chi connectivity index (χ3n) is 3.08. The van der Waals surface area contributed by atoms with Crippen LogP contribution in [0.15, 0.2) is 18.2 Å². The molecule has 0 atom stereocenters. The maximum absolute atomic E-state index is 13.0. The fraction of sp³-hybridized carbons (Fsp3) is 0.533. The van der Waals surface area contributed by atoms with E-state index in [4.69, 9.17) is 5.73 Å². The van der Waals surface area contributed by atoms with Crippen LogP contribution in [-0.2, 0) is 0 Å². The fourth-order valence-electron chi connectivity index (χ4n) is 1.93. The lowest BCUT2D eigenvalue weighted by molar-refractivity contribution is 0.0953. The highest BCUT2D eigenvalue weighted by Crippen LogP contribution is 2.13. The van der Waals surface area contributed by atoms with Crippen molar-refractivity contribution in [1.29, 1.82) is 0 Å². The highest BCUT2D eigenvalue weighted by Gasteiger charge is 2.09. The van der Waals surface area contributed by atoms with Crippen LogP contribution in [0.3, 0.4) is 0 Å². The minimum Gasteiger partial charge on any atom is -0.398 e. The molecule has 0 saturated carbocycles. The van der Waals surface area contributed by atoms with Crippen LogP contribution >= 0.6 is 0 Å². The summed E-state index contributed by atoms with van der Waals surface area (Å²) in [5.41, 5.74) is 6.17. The van der Waals surface area contributed by atoms with Gasteiger partial charge in [0.25, 0.3) is 5.91 Å². The van der Waals surface area contributed by atoms with Crippen molar-refractivity contribution in [3.63, 3.8) is 0 Å². The molecule has 0 aliphatic heterocycles. The number of halogens is 1. The number of amides is 1. The lowest BCUT2D eigenvalue weighted by Crippen LogP contribution is -2.25. The molecule has 0 saturated heterocycles. The van der Waals surface area contributed by atoms with Crippen LogP contribution in [0.5, 0.6) is 0 Å². The zero-order chi connectivity index (χ0) is 14.1. The van der Waals surface area contributed by atoms with Crippen molar-refractivity contribution in [2.45, 2.75) is 45.4 Å². The number of nitrogens with two attached hydrogens (primary N) is 1. The second-order valence-electron chi connectivity index (χ2n) is 4.76. The number of benzene rings is 1. The smallest absolute Gasteiger partial charge is 0.253 e. The summed E-state index contributed by atoms with van der Waals surface area (Å²) in [5, 5.41) is 2.77. The lowest BCUT2D eigenvalue weighted by atomic mass is 10.1. The number of nitrogen functional groups attached to an aromatic ring is 1. The summed E-state index contributed by atoms with van der Waals surface area (Å²) in [4.78, 5) is 11.8. The van der Waals surface area contributed by atoms with Crippen LogP contribution in [0.1, 0.15) is 55.8 Å². The number of carbonyl (C=O) groups excluding carboxylic acids is 1. The molecule has 1 amide bonds. The molecule has 0 radical (unpaired) electrons. The number of unbranched alkanes of at least 4 members (excludes halogenated alkanes) is 5. The summed E-state index contributed by atoms with van der Waals surface area (Å²) < 4.78 is 13.0. The van der Waals surface area contributed by atoms with E-state index in [1.54, 1.807) is 0 Å². The van der Waals surface area contributed by atoms with Crippen molar-refractivity contribution in [2.24, 2.45) is 0 Å². The van der Waals surface area contributed by atoms with Crippen LogP contribution in [0, 0.1) is 5.82 Å². The summed E-state index contributed by atoms with van der Waals surface area (Å²) in [6.07, 6.45) is 7.01. The van der Waals surface area contributed by atoms with Crippen LogP contribution in [0.4, 0.5) is 10.1 Å². The third-order valence-corrected chi connectivity index (χ3v) is 3.08. The Morgan fingerprint density at radius 1 is 1.21 bits per heavy atom. The molecule has 3 N–H and O–H groups in total. The van der Waals surface area contributed by atoms with Crippen molar-refractivity contribution in [3.05, 3.63) is 29.6 Å². The average Bonchev–Trinajstić information content (AvgIpc) is 2.40. The molecule has 0 aliphatic carbocycles. The van der Waals surface area contributed by atoms with E-state index in [0.717, 1.165) is 12.8 Å². The molecule has 1 aromatic carbocycles. The Bertz CT molecular complexity index is 407. The molecule has 3 nitrogen and oxygen atoms in total. The average molecular weight is 266 g/mol. The van der Waals surface area contributed by atoms with Gasteiger partial charge < -0.3 is 11.1 Å². The van der Waals surface area contributed by atoms with E-state index in [2.05, 4.69) is 12.2 Å². The van der Waals surface area contributed by atoms with Gasteiger partial charge in [0.15, 0.2) is 0 Å². The molecule has 0 heterocycles. The van der Waals surface area contributed by atoms with Gasteiger partial charge in [-0.2, -0.15) is 0 Å². The highest BCUT2D eigenvalue weighted by atomic mass is 19.1. The predicted molar refractivity (Wildman–Crippen MR) is 76.5 cm³/mol. The number of hydrogen-bond acceptors (Lipinski definition) is 2. The van der Waals surface area contributed by atoms with Gasteiger partial charge in [-0.3, -0.25) is 4.79 Å². The first kappa shape index (κ1) is 15.5. The topological polar surface area (TPSA) is 55.1 Å². The normalized spacial score (nSPS) is 10.4. The molecule has 0 unspecified atom stereocenters. The first-order valence-corrected chi connectivity index (χ1v) is 6.98. The van der Waals surface area contributed by atoms with E-state index in [-0.39, 0.29) is 11.5 Å². The quantitative estimate of drug-likeness (QED) is 0.559. The standard InChI is InChI=1S/C15H23FN2O/c1-2-3-4-5-6-7-10-18-15(19)13-11-12(16)8-9-14(13)17/h8-9,11H,2-7,10,17H2,1H3,(H,18,19). The lowest BCUT2D eigenvalue weighted by Gasteiger charge is -2.07. The summed E-state index contributed by atoms with van der Waals surface area (Å²) in [5.74, 6) is -0.746. The largest absolute Gasteiger partial charge is 0.398 e. The van der Waals surface area contributed by atoms with Crippen molar-refractivity contribution in [3.8, 4) is 0 Å². The summed E-state index contributed by atoms with van der Waals surface area (Å²) >= 11 is 0. The fourth-order valence-corrected chi connectivity index (χ4v) is 1.93. The van der Waals surface area contributed by atoms with Gasteiger partial charge in [-0.25, -0.2) is 4.39 Å². The second-order valence-corrected chi connectivity index (χ2v) is 4.76. The van der Waals surface area contributed by atoms with E-state index in [0.29, 0.717) is 12.2 Å². The monoisotopic (exact) mass is 266 g/mol. The molecule has 1 rings (SSSR count). The minimum absolute atomic E-state index is 0.214. The molecule has 0 bridgehead atoms. The molecule has 4 heteroatoms. The summed E-state index contributed by atoms with van der Waals surface area (Å²) in [6.45, 7) is 2.80. The molecule has 19 heavy (non-hydrogen) atoms. The van der Waals surface area contributed by atoms with Gasteiger partial charge in [0.05, 0.1) is 5.56 Å².